The normalized spacial score (nSPS) is 15.3. The topological polar surface area (TPSA) is 54.5 Å². The predicted octanol–water partition coefficient (Wildman–Crippen LogP) is 2.93. The van der Waals surface area contributed by atoms with Gasteiger partial charge in [-0.1, -0.05) is 12.1 Å². The first-order valence-electron chi connectivity index (χ1n) is 7.52. The molecule has 120 valence electrons. The second kappa shape index (κ2) is 7.68. The van der Waals surface area contributed by atoms with Crippen molar-refractivity contribution in [1.29, 1.82) is 0 Å². The fourth-order valence-corrected chi connectivity index (χ4v) is 2.82. The maximum Gasteiger partial charge on any atom is 0.257 e. The van der Waals surface area contributed by atoms with Gasteiger partial charge in [-0.2, -0.15) is 0 Å². The Labute approximate surface area is 143 Å². The van der Waals surface area contributed by atoms with Crippen molar-refractivity contribution >= 4 is 27.5 Å². The second-order valence-corrected chi connectivity index (χ2v) is 6.35. The van der Waals surface area contributed by atoms with Crippen LogP contribution in [0.3, 0.4) is 0 Å². The summed E-state index contributed by atoms with van der Waals surface area (Å²) < 4.78 is 6.14. The molecule has 1 amide bonds. The first-order valence-corrected chi connectivity index (χ1v) is 8.31. The van der Waals surface area contributed by atoms with Gasteiger partial charge in [-0.25, -0.2) is 0 Å². The van der Waals surface area contributed by atoms with E-state index in [4.69, 9.17) is 4.74 Å². The number of morpholine rings is 1. The number of hydrogen-bond acceptors (Lipinski definition) is 4. The molecule has 1 aromatic heterocycles. The minimum absolute atomic E-state index is 0.167. The lowest BCUT2D eigenvalue weighted by atomic mass is 10.2. The summed E-state index contributed by atoms with van der Waals surface area (Å²) in [5.74, 6) is -0.167. The smallest absolute Gasteiger partial charge is 0.257 e. The van der Waals surface area contributed by atoms with E-state index in [9.17, 15) is 4.79 Å². The Balaban J connectivity index is 1.59. The van der Waals surface area contributed by atoms with Crippen molar-refractivity contribution in [2.24, 2.45) is 0 Å². The number of anilines is 1. The summed E-state index contributed by atoms with van der Waals surface area (Å²) in [6.07, 6.45) is 3.20. The van der Waals surface area contributed by atoms with E-state index < -0.39 is 0 Å². The zero-order chi connectivity index (χ0) is 16.1. The SMILES string of the molecule is O=C(Nc1ccc(CN2CCOCC2)cc1)c1cncc(Br)c1. The van der Waals surface area contributed by atoms with Crippen LogP contribution in [0, 0.1) is 0 Å². The lowest BCUT2D eigenvalue weighted by Crippen LogP contribution is -2.35. The highest BCUT2D eigenvalue weighted by Crippen LogP contribution is 2.15. The number of nitrogens with one attached hydrogen (secondary N) is 1. The molecule has 3 rings (SSSR count). The van der Waals surface area contributed by atoms with E-state index in [1.54, 1.807) is 18.5 Å². The van der Waals surface area contributed by atoms with E-state index in [2.05, 4.69) is 31.1 Å². The number of pyridine rings is 1. The minimum Gasteiger partial charge on any atom is -0.379 e. The Morgan fingerprint density at radius 3 is 2.65 bits per heavy atom. The number of carbonyl (C=O) groups excluding carboxylic acids is 1. The van der Waals surface area contributed by atoms with Crippen molar-refractivity contribution in [2.75, 3.05) is 31.6 Å². The molecule has 1 aliphatic rings. The molecule has 1 aromatic carbocycles. The molecule has 1 fully saturated rings. The average molecular weight is 376 g/mol. The monoisotopic (exact) mass is 375 g/mol. The molecule has 0 aliphatic carbocycles. The summed E-state index contributed by atoms with van der Waals surface area (Å²) >= 11 is 3.32. The molecule has 1 aliphatic heterocycles. The maximum absolute atomic E-state index is 12.2. The summed E-state index contributed by atoms with van der Waals surface area (Å²) in [6.45, 7) is 4.44. The fourth-order valence-electron chi connectivity index (χ4n) is 2.45. The van der Waals surface area contributed by atoms with Crippen LogP contribution in [-0.2, 0) is 11.3 Å². The molecular formula is C17H18BrN3O2. The predicted molar refractivity (Wildman–Crippen MR) is 92.4 cm³/mol. The number of aromatic nitrogens is 1. The Hall–Kier alpha value is -1.76. The van der Waals surface area contributed by atoms with Gasteiger partial charge in [0, 0.05) is 42.2 Å². The van der Waals surface area contributed by atoms with Crippen molar-refractivity contribution in [3.8, 4) is 0 Å². The molecule has 0 atom stereocenters. The molecule has 2 aromatic rings. The molecule has 1 N–H and O–H groups in total. The van der Waals surface area contributed by atoms with Crippen molar-refractivity contribution in [3.63, 3.8) is 0 Å². The molecule has 0 saturated carbocycles. The van der Waals surface area contributed by atoms with Gasteiger partial charge < -0.3 is 10.1 Å². The number of halogens is 1. The second-order valence-electron chi connectivity index (χ2n) is 5.43. The van der Waals surface area contributed by atoms with Gasteiger partial charge >= 0.3 is 0 Å². The zero-order valence-corrected chi connectivity index (χ0v) is 14.3. The number of rotatable bonds is 4. The van der Waals surface area contributed by atoms with Crippen molar-refractivity contribution in [2.45, 2.75) is 6.54 Å². The van der Waals surface area contributed by atoms with E-state index in [1.807, 2.05) is 24.3 Å². The largest absolute Gasteiger partial charge is 0.379 e. The van der Waals surface area contributed by atoms with E-state index in [0.29, 0.717) is 5.56 Å². The fraction of sp³-hybridized carbons (Fsp3) is 0.294. The van der Waals surface area contributed by atoms with E-state index in [-0.39, 0.29) is 5.91 Å². The molecule has 1 saturated heterocycles. The summed E-state index contributed by atoms with van der Waals surface area (Å²) in [4.78, 5) is 18.5. The molecular weight excluding hydrogens is 358 g/mol. The van der Waals surface area contributed by atoms with Crippen LogP contribution in [-0.4, -0.2) is 42.1 Å². The number of amides is 1. The van der Waals surface area contributed by atoms with Gasteiger partial charge in [0.25, 0.3) is 5.91 Å². The first-order chi connectivity index (χ1) is 11.2. The summed E-state index contributed by atoms with van der Waals surface area (Å²) in [7, 11) is 0. The lowest BCUT2D eigenvalue weighted by Gasteiger charge is -2.26. The molecule has 0 bridgehead atoms. The van der Waals surface area contributed by atoms with Crippen LogP contribution in [0.4, 0.5) is 5.69 Å². The van der Waals surface area contributed by atoms with Crippen LogP contribution >= 0.6 is 15.9 Å². The number of hydrogen-bond donors (Lipinski definition) is 1. The van der Waals surface area contributed by atoms with Gasteiger partial charge in [-0.05, 0) is 39.7 Å². The Morgan fingerprint density at radius 2 is 1.96 bits per heavy atom. The molecule has 23 heavy (non-hydrogen) atoms. The molecule has 0 spiro atoms. The maximum atomic E-state index is 12.2. The summed E-state index contributed by atoms with van der Waals surface area (Å²) in [5, 5.41) is 2.88. The molecule has 6 heteroatoms. The Kier molecular flexibility index (Phi) is 5.38. The summed E-state index contributed by atoms with van der Waals surface area (Å²) in [5.41, 5.74) is 2.53. The van der Waals surface area contributed by atoms with Gasteiger partial charge in [-0.3, -0.25) is 14.7 Å². The highest BCUT2D eigenvalue weighted by atomic mass is 79.9. The quantitative estimate of drug-likeness (QED) is 0.892. The number of ether oxygens (including phenoxy) is 1. The first kappa shape index (κ1) is 16.1. The van der Waals surface area contributed by atoms with Crippen molar-refractivity contribution in [3.05, 3.63) is 58.3 Å². The van der Waals surface area contributed by atoms with E-state index in [0.717, 1.165) is 43.0 Å². The number of benzene rings is 1. The standard InChI is InChI=1S/C17H18BrN3O2/c18-15-9-14(10-19-11-15)17(22)20-16-3-1-13(2-4-16)12-21-5-7-23-8-6-21/h1-4,9-11H,5-8,12H2,(H,20,22). The molecule has 2 heterocycles. The zero-order valence-electron chi connectivity index (χ0n) is 12.7. The highest BCUT2D eigenvalue weighted by Gasteiger charge is 2.11. The van der Waals surface area contributed by atoms with Crippen LogP contribution < -0.4 is 5.32 Å². The highest BCUT2D eigenvalue weighted by molar-refractivity contribution is 9.10. The Morgan fingerprint density at radius 1 is 1.22 bits per heavy atom. The van der Waals surface area contributed by atoms with Crippen LogP contribution in [0.2, 0.25) is 0 Å². The minimum atomic E-state index is -0.167. The third-order valence-electron chi connectivity index (χ3n) is 3.69. The van der Waals surface area contributed by atoms with Crippen molar-refractivity contribution in [1.82, 2.24) is 9.88 Å². The molecule has 5 nitrogen and oxygen atoms in total. The summed E-state index contributed by atoms with van der Waals surface area (Å²) in [6, 6.07) is 9.70. The van der Waals surface area contributed by atoms with Gasteiger partial charge in [0.15, 0.2) is 0 Å². The van der Waals surface area contributed by atoms with Gasteiger partial charge in [0.05, 0.1) is 18.8 Å². The number of carbonyl (C=O) groups is 1. The molecule has 0 unspecified atom stereocenters. The van der Waals surface area contributed by atoms with Gasteiger partial charge in [-0.15, -0.1) is 0 Å². The lowest BCUT2D eigenvalue weighted by molar-refractivity contribution is 0.0342. The van der Waals surface area contributed by atoms with E-state index >= 15 is 0 Å². The average Bonchev–Trinajstić information content (AvgIpc) is 2.57. The van der Waals surface area contributed by atoms with Gasteiger partial charge in [0.2, 0.25) is 0 Å². The molecule has 0 radical (unpaired) electrons. The van der Waals surface area contributed by atoms with Crippen molar-refractivity contribution < 1.29 is 9.53 Å². The van der Waals surface area contributed by atoms with Crippen LogP contribution in [0.25, 0.3) is 0 Å². The number of nitrogens with zero attached hydrogens (tertiary/aromatic N) is 2. The Bertz CT molecular complexity index is 670. The van der Waals surface area contributed by atoms with E-state index in [1.165, 1.54) is 5.56 Å². The van der Waals surface area contributed by atoms with Crippen LogP contribution in [0.15, 0.2) is 47.2 Å². The third kappa shape index (κ3) is 4.60. The third-order valence-corrected chi connectivity index (χ3v) is 4.12. The van der Waals surface area contributed by atoms with Crippen LogP contribution in [0.5, 0.6) is 0 Å². The van der Waals surface area contributed by atoms with Gasteiger partial charge in [0.1, 0.15) is 0 Å². The van der Waals surface area contributed by atoms with Crippen LogP contribution in [0.1, 0.15) is 15.9 Å².